The third kappa shape index (κ3) is 5.27. The van der Waals surface area contributed by atoms with E-state index in [0.717, 1.165) is 11.3 Å². The molecule has 0 aliphatic rings. The van der Waals surface area contributed by atoms with Crippen molar-refractivity contribution in [3.05, 3.63) is 78.6 Å². The Morgan fingerprint density at radius 3 is 2.37 bits per heavy atom. The first-order valence-corrected chi connectivity index (χ1v) is 10.3. The highest BCUT2D eigenvalue weighted by Gasteiger charge is 2.14. The minimum absolute atomic E-state index is 0.0966. The third-order valence-electron chi connectivity index (χ3n) is 4.09. The Hall–Kier alpha value is -2.93. The molecule has 1 N–H and O–H groups in total. The number of benzene rings is 2. The van der Waals surface area contributed by atoms with Crippen LogP contribution in [0.3, 0.4) is 0 Å². The van der Waals surface area contributed by atoms with Crippen molar-refractivity contribution in [2.24, 2.45) is 0 Å². The van der Waals surface area contributed by atoms with Gasteiger partial charge in [-0.25, -0.2) is 13.1 Å². The van der Waals surface area contributed by atoms with E-state index in [9.17, 15) is 13.2 Å². The van der Waals surface area contributed by atoms with Gasteiger partial charge in [-0.2, -0.15) is 5.10 Å². The van der Waals surface area contributed by atoms with Gasteiger partial charge in [0.25, 0.3) is 0 Å². The second-order valence-electron chi connectivity index (χ2n) is 6.11. The summed E-state index contributed by atoms with van der Waals surface area (Å²) in [6.45, 7) is 0.0966. The molecule has 0 saturated heterocycles. The number of aromatic nitrogens is 2. The lowest BCUT2D eigenvalue weighted by Crippen LogP contribution is -2.29. The van der Waals surface area contributed by atoms with E-state index in [1.165, 1.54) is 0 Å². The van der Waals surface area contributed by atoms with Crippen molar-refractivity contribution in [1.82, 2.24) is 15.1 Å². The number of carbonyl (C=O) groups is 1. The second-order valence-corrected chi connectivity index (χ2v) is 8.22. The van der Waals surface area contributed by atoms with Gasteiger partial charge in [0.2, 0.25) is 5.91 Å². The van der Waals surface area contributed by atoms with E-state index in [1.54, 1.807) is 41.2 Å². The number of nitrogens with zero attached hydrogens (tertiary/aromatic N) is 2. The van der Waals surface area contributed by atoms with E-state index in [4.69, 9.17) is 0 Å². The summed E-state index contributed by atoms with van der Waals surface area (Å²) in [6, 6.07) is 18.0. The SMILES string of the molecule is O=C(CCc1cnn(-c2ccccc2)c1)NCCS(=O)(=O)c1ccccc1. The smallest absolute Gasteiger partial charge is 0.220 e. The predicted octanol–water partition coefficient (Wildman–Crippen LogP) is 2.40. The van der Waals surface area contributed by atoms with Gasteiger partial charge in [0.15, 0.2) is 9.84 Å². The molecule has 2 aromatic carbocycles. The van der Waals surface area contributed by atoms with Crippen LogP contribution in [-0.4, -0.2) is 36.4 Å². The lowest BCUT2D eigenvalue weighted by molar-refractivity contribution is -0.120. The minimum atomic E-state index is -3.38. The topological polar surface area (TPSA) is 81.1 Å². The summed E-state index contributed by atoms with van der Waals surface area (Å²) in [5.41, 5.74) is 1.91. The normalized spacial score (nSPS) is 11.3. The van der Waals surface area contributed by atoms with Crippen LogP contribution in [0.1, 0.15) is 12.0 Å². The first kappa shape index (κ1) is 18.8. The number of para-hydroxylation sites is 1. The monoisotopic (exact) mass is 383 g/mol. The minimum Gasteiger partial charge on any atom is -0.355 e. The summed E-state index contributed by atoms with van der Waals surface area (Å²) >= 11 is 0. The molecule has 3 aromatic rings. The Labute approximate surface area is 158 Å². The second kappa shape index (κ2) is 8.64. The van der Waals surface area contributed by atoms with Crippen molar-refractivity contribution in [1.29, 1.82) is 0 Å². The summed E-state index contributed by atoms with van der Waals surface area (Å²) < 4.78 is 26.1. The molecule has 140 valence electrons. The van der Waals surface area contributed by atoms with Crippen LogP contribution < -0.4 is 5.32 Å². The van der Waals surface area contributed by atoms with Crippen LogP contribution in [0.4, 0.5) is 0 Å². The molecular weight excluding hydrogens is 362 g/mol. The Bertz CT molecular complexity index is 984. The molecule has 0 aliphatic heterocycles. The van der Waals surface area contributed by atoms with Crippen LogP contribution >= 0.6 is 0 Å². The fourth-order valence-corrected chi connectivity index (χ4v) is 3.81. The van der Waals surface area contributed by atoms with Gasteiger partial charge in [0.1, 0.15) is 0 Å². The molecular formula is C20H21N3O3S. The maximum atomic E-state index is 12.2. The molecule has 6 nitrogen and oxygen atoms in total. The van der Waals surface area contributed by atoms with E-state index >= 15 is 0 Å². The van der Waals surface area contributed by atoms with Crippen molar-refractivity contribution in [3.63, 3.8) is 0 Å². The van der Waals surface area contributed by atoms with Crippen molar-refractivity contribution in [2.75, 3.05) is 12.3 Å². The van der Waals surface area contributed by atoms with Crippen LogP contribution in [0.2, 0.25) is 0 Å². The van der Waals surface area contributed by atoms with Gasteiger partial charge in [-0.1, -0.05) is 36.4 Å². The van der Waals surface area contributed by atoms with Gasteiger partial charge < -0.3 is 5.32 Å². The summed E-state index contributed by atoms with van der Waals surface area (Å²) in [6.07, 6.45) is 4.46. The van der Waals surface area contributed by atoms with Gasteiger partial charge in [0.05, 0.1) is 22.5 Å². The molecule has 1 heterocycles. The number of carbonyl (C=O) groups excluding carboxylic acids is 1. The number of hydrogen-bond acceptors (Lipinski definition) is 4. The Balaban J connectivity index is 1.45. The van der Waals surface area contributed by atoms with Crippen molar-refractivity contribution >= 4 is 15.7 Å². The van der Waals surface area contributed by atoms with Crippen LogP contribution in [0.25, 0.3) is 5.69 Å². The lowest BCUT2D eigenvalue weighted by Gasteiger charge is -2.06. The molecule has 0 radical (unpaired) electrons. The maximum absolute atomic E-state index is 12.2. The van der Waals surface area contributed by atoms with Crippen LogP contribution in [0.5, 0.6) is 0 Å². The molecule has 0 aliphatic carbocycles. The summed E-state index contributed by atoms with van der Waals surface area (Å²) in [7, 11) is -3.38. The van der Waals surface area contributed by atoms with Crippen molar-refractivity contribution in [3.8, 4) is 5.69 Å². The summed E-state index contributed by atoms with van der Waals surface area (Å²) in [5.74, 6) is -0.292. The highest BCUT2D eigenvalue weighted by Crippen LogP contribution is 2.10. The molecule has 0 fully saturated rings. The molecule has 27 heavy (non-hydrogen) atoms. The highest BCUT2D eigenvalue weighted by atomic mass is 32.2. The van der Waals surface area contributed by atoms with Gasteiger partial charge >= 0.3 is 0 Å². The summed E-state index contributed by atoms with van der Waals surface area (Å²) in [5, 5.41) is 6.97. The highest BCUT2D eigenvalue weighted by molar-refractivity contribution is 7.91. The first-order chi connectivity index (χ1) is 13.0. The van der Waals surface area contributed by atoms with E-state index in [2.05, 4.69) is 10.4 Å². The van der Waals surface area contributed by atoms with Crippen LogP contribution in [-0.2, 0) is 21.1 Å². The van der Waals surface area contributed by atoms with E-state index in [0.29, 0.717) is 6.42 Å². The van der Waals surface area contributed by atoms with E-state index in [1.807, 2.05) is 36.5 Å². The molecule has 7 heteroatoms. The Morgan fingerprint density at radius 1 is 1.00 bits per heavy atom. The third-order valence-corrected chi connectivity index (χ3v) is 5.82. The number of rotatable bonds is 8. The lowest BCUT2D eigenvalue weighted by atomic mass is 10.2. The number of hydrogen-bond donors (Lipinski definition) is 1. The average molecular weight is 383 g/mol. The zero-order chi connectivity index (χ0) is 19.1. The van der Waals surface area contributed by atoms with E-state index < -0.39 is 9.84 Å². The van der Waals surface area contributed by atoms with Crippen LogP contribution in [0, 0.1) is 0 Å². The van der Waals surface area contributed by atoms with Crippen molar-refractivity contribution < 1.29 is 13.2 Å². The van der Waals surface area contributed by atoms with Crippen molar-refractivity contribution in [2.45, 2.75) is 17.7 Å². The van der Waals surface area contributed by atoms with Gasteiger partial charge in [0, 0.05) is 19.2 Å². The van der Waals surface area contributed by atoms with Crippen LogP contribution in [0.15, 0.2) is 78.0 Å². The van der Waals surface area contributed by atoms with E-state index in [-0.39, 0.29) is 29.5 Å². The Kier molecular flexibility index (Phi) is 6.03. The predicted molar refractivity (Wildman–Crippen MR) is 103 cm³/mol. The molecule has 0 spiro atoms. The van der Waals surface area contributed by atoms with Gasteiger partial charge in [-0.15, -0.1) is 0 Å². The zero-order valence-corrected chi connectivity index (χ0v) is 15.6. The average Bonchev–Trinajstić information content (AvgIpc) is 3.17. The fraction of sp³-hybridized carbons (Fsp3) is 0.200. The summed E-state index contributed by atoms with van der Waals surface area (Å²) in [4.78, 5) is 12.3. The molecule has 3 rings (SSSR count). The molecule has 0 bridgehead atoms. The number of nitrogens with one attached hydrogen (secondary N) is 1. The molecule has 0 unspecified atom stereocenters. The number of amides is 1. The molecule has 1 aromatic heterocycles. The quantitative estimate of drug-likeness (QED) is 0.648. The molecule has 0 saturated carbocycles. The number of aryl methyl sites for hydroxylation is 1. The number of sulfone groups is 1. The Morgan fingerprint density at radius 2 is 1.67 bits per heavy atom. The largest absolute Gasteiger partial charge is 0.355 e. The zero-order valence-electron chi connectivity index (χ0n) is 14.8. The fourth-order valence-electron chi connectivity index (χ4n) is 2.63. The first-order valence-electron chi connectivity index (χ1n) is 8.68. The van der Waals surface area contributed by atoms with Gasteiger partial charge in [-0.3, -0.25) is 4.79 Å². The maximum Gasteiger partial charge on any atom is 0.220 e. The molecule has 1 amide bonds. The molecule has 0 atom stereocenters. The standard InChI is InChI=1S/C20H21N3O3S/c24-20(21-13-14-27(25,26)19-9-5-2-6-10-19)12-11-17-15-22-23(16-17)18-7-3-1-4-8-18/h1-10,15-16H,11-14H2,(H,21,24). The van der Waals surface area contributed by atoms with Gasteiger partial charge in [-0.05, 0) is 36.2 Å².